The van der Waals surface area contributed by atoms with Crippen LogP contribution in [0.15, 0.2) is 29.6 Å². The second-order valence-corrected chi connectivity index (χ2v) is 6.81. The SMILES string of the molecule is O=C1CCc2cc(NC3CCCc4sccc43)ccc2N1. The molecule has 1 aromatic heterocycles. The molecule has 0 spiro atoms. The van der Waals surface area contributed by atoms with Gasteiger partial charge in [-0.15, -0.1) is 11.3 Å². The van der Waals surface area contributed by atoms with Gasteiger partial charge in [-0.25, -0.2) is 0 Å². The molecule has 21 heavy (non-hydrogen) atoms. The minimum Gasteiger partial charge on any atom is -0.378 e. The topological polar surface area (TPSA) is 41.1 Å². The lowest BCUT2D eigenvalue weighted by Gasteiger charge is -2.26. The monoisotopic (exact) mass is 298 g/mol. The van der Waals surface area contributed by atoms with Crippen LogP contribution in [0.5, 0.6) is 0 Å². The molecule has 0 radical (unpaired) electrons. The molecule has 3 nitrogen and oxygen atoms in total. The molecule has 2 heterocycles. The molecular weight excluding hydrogens is 280 g/mol. The average molecular weight is 298 g/mol. The first-order chi connectivity index (χ1) is 10.3. The van der Waals surface area contributed by atoms with Crippen molar-refractivity contribution in [2.24, 2.45) is 0 Å². The zero-order valence-electron chi connectivity index (χ0n) is 11.8. The maximum atomic E-state index is 11.4. The van der Waals surface area contributed by atoms with Crippen molar-refractivity contribution < 1.29 is 4.79 Å². The van der Waals surface area contributed by atoms with E-state index in [1.165, 1.54) is 35.3 Å². The van der Waals surface area contributed by atoms with Crippen LogP contribution in [-0.2, 0) is 17.6 Å². The smallest absolute Gasteiger partial charge is 0.224 e. The third-order valence-electron chi connectivity index (χ3n) is 4.39. The van der Waals surface area contributed by atoms with Crippen LogP contribution in [0.4, 0.5) is 11.4 Å². The Hall–Kier alpha value is -1.81. The predicted octanol–water partition coefficient (Wildman–Crippen LogP) is 4.12. The van der Waals surface area contributed by atoms with Gasteiger partial charge in [-0.05, 0) is 66.5 Å². The number of fused-ring (bicyclic) bond motifs is 2. The van der Waals surface area contributed by atoms with E-state index in [2.05, 4.69) is 34.2 Å². The Morgan fingerprint density at radius 1 is 1.19 bits per heavy atom. The maximum Gasteiger partial charge on any atom is 0.224 e. The van der Waals surface area contributed by atoms with Gasteiger partial charge in [0.2, 0.25) is 5.91 Å². The van der Waals surface area contributed by atoms with E-state index < -0.39 is 0 Å². The Balaban J connectivity index is 1.58. The highest BCUT2D eigenvalue weighted by Crippen LogP contribution is 2.36. The number of nitrogens with one attached hydrogen (secondary N) is 2. The van der Waals surface area contributed by atoms with Gasteiger partial charge in [0.15, 0.2) is 0 Å². The van der Waals surface area contributed by atoms with E-state index in [0.29, 0.717) is 12.5 Å². The van der Waals surface area contributed by atoms with Crippen LogP contribution in [0, 0.1) is 0 Å². The molecule has 2 N–H and O–H groups in total. The van der Waals surface area contributed by atoms with Crippen molar-refractivity contribution in [1.82, 2.24) is 0 Å². The molecule has 0 bridgehead atoms. The molecule has 2 aromatic rings. The molecule has 1 unspecified atom stereocenters. The zero-order valence-corrected chi connectivity index (χ0v) is 12.6. The lowest BCUT2D eigenvalue weighted by atomic mass is 9.93. The Morgan fingerprint density at radius 2 is 2.14 bits per heavy atom. The van der Waals surface area contributed by atoms with E-state index in [9.17, 15) is 4.79 Å². The molecule has 1 aliphatic heterocycles. The zero-order chi connectivity index (χ0) is 14.2. The molecule has 0 saturated carbocycles. The lowest BCUT2D eigenvalue weighted by molar-refractivity contribution is -0.116. The van der Waals surface area contributed by atoms with Crippen LogP contribution < -0.4 is 10.6 Å². The Kier molecular flexibility index (Phi) is 3.19. The number of aryl methyl sites for hydroxylation is 2. The van der Waals surface area contributed by atoms with E-state index >= 15 is 0 Å². The summed E-state index contributed by atoms with van der Waals surface area (Å²) in [6.45, 7) is 0. The van der Waals surface area contributed by atoms with E-state index in [1.807, 2.05) is 17.4 Å². The molecule has 1 aromatic carbocycles. The fraction of sp³-hybridized carbons (Fsp3) is 0.353. The normalized spacial score (nSPS) is 20.4. The highest BCUT2D eigenvalue weighted by molar-refractivity contribution is 7.10. The van der Waals surface area contributed by atoms with Gasteiger partial charge in [-0.3, -0.25) is 4.79 Å². The fourth-order valence-electron chi connectivity index (χ4n) is 3.31. The van der Waals surface area contributed by atoms with Crippen LogP contribution in [0.1, 0.15) is 41.3 Å². The van der Waals surface area contributed by atoms with Crippen molar-refractivity contribution in [2.45, 2.75) is 38.1 Å². The minimum absolute atomic E-state index is 0.124. The number of hydrogen-bond acceptors (Lipinski definition) is 3. The van der Waals surface area contributed by atoms with Gasteiger partial charge in [0.05, 0.1) is 6.04 Å². The van der Waals surface area contributed by atoms with Crippen molar-refractivity contribution >= 4 is 28.6 Å². The van der Waals surface area contributed by atoms with Gasteiger partial charge in [-0.2, -0.15) is 0 Å². The number of thiophene rings is 1. The van der Waals surface area contributed by atoms with Gasteiger partial charge < -0.3 is 10.6 Å². The molecule has 1 atom stereocenters. The largest absolute Gasteiger partial charge is 0.378 e. The van der Waals surface area contributed by atoms with Crippen LogP contribution >= 0.6 is 11.3 Å². The summed E-state index contributed by atoms with van der Waals surface area (Å²) < 4.78 is 0. The van der Waals surface area contributed by atoms with E-state index in [0.717, 1.165) is 17.8 Å². The summed E-state index contributed by atoms with van der Waals surface area (Å²) in [5.41, 5.74) is 4.84. The van der Waals surface area contributed by atoms with Gasteiger partial charge in [-0.1, -0.05) is 0 Å². The third kappa shape index (κ3) is 2.44. The summed E-state index contributed by atoms with van der Waals surface area (Å²) in [5, 5.41) is 8.82. The van der Waals surface area contributed by atoms with Gasteiger partial charge >= 0.3 is 0 Å². The van der Waals surface area contributed by atoms with E-state index in [-0.39, 0.29) is 5.91 Å². The van der Waals surface area contributed by atoms with E-state index in [4.69, 9.17) is 0 Å². The molecular formula is C17H18N2OS. The molecule has 0 fully saturated rings. The summed E-state index contributed by atoms with van der Waals surface area (Å²) in [4.78, 5) is 12.9. The van der Waals surface area contributed by atoms with Crippen LogP contribution in [0.3, 0.4) is 0 Å². The molecule has 4 rings (SSSR count). The molecule has 4 heteroatoms. The number of hydrogen-bond donors (Lipinski definition) is 2. The number of benzene rings is 1. The standard InChI is InChI=1S/C17H18N2OS/c20-17-7-4-11-10-12(5-6-14(11)19-17)18-15-2-1-3-16-13(15)8-9-21-16/h5-6,8-10,15,18H,1-4,7H2,(H,19,20). The highest BCUT2D eigenvalue weighted by Gasteiger charge is 2.21. The first kappa shape index (κ1) is 12.9. The van der Waals surface area contributed by atoms with Crippen LogP contribution in [0.2, 0.25) is 0 Å². The number of anilines is 2. The van der Waals surface area contributed by atoms with Crippen molar-refractivity contribution in [3.8, 4) is 0 Å². The van der Waals surface area contributed by atoms with E-state index in [1.54, 1.807) is 0 Å². The lowest BCUT2D eigenvalue weighted by Crippen LogP contribution is -2.19. The van der Waals surface area contributed by atoms with Gasteiger partial charge in [0, 0.05) is 22.7 Å². The van der Waals surface area contributed by atoms with Crippen LogP contribution in [0.25, 0.3) is 0 Å². The predicted molar refractivity (Wildman–Crippen MR) is 87.0 cm³/mol. The minimum atomic E-state index is 0.124. The maximum absolute atomic E-state index is 11.4. The summed E-state index contributed by atoms with van der Waals surface area (Å²) in [7, 11) is 0. The summed E-state index contributed by atoms with van der Waals surface area (Å²) in [6, 6.07) is 8.97. The van der Waals surface area contributed by atoms with Gasteiger partial charge in [0.25, 0.3) is 0 Å². The Bertz CT molecular complexity index is 692. The summed E-state index contributed by atoms with van der Waals surface area (Å²) in [6.07, 6.45) is 5.10. The Morgan fingerprint density at radius 3 is 3.10 bits per heavy atom. The molecule has 0 saturated heterocycles. The van der Waals surface area contributed by atoms with Crippen molar-refractivity contribution in [3.63, 3.8) is 0 Å². The first-order valence-electron chi connectivity index (χ1n) is 7.55. The second kappa shape index (κ2) is 5.19. The second-order valence-electron chi connectivity index (χ2n) is 5.81. The van der Waals surface area contributed by atoms with Crippen molar-refractivity contribution in [3.05, 3.63) is 45.6 Å². The molecule has 2 aliphatic rings. The van der Waals surface area contributed by atoms with Gasteiger partial charge in [0.1, 0.15) is 0 Å². The van der Waals surface area contributed by atoms with Crippen molar-refractivity contribution in [2.75, 3.05) is 10.6 Å². The summed E-state index contributed by atoms with van der Waals surface area (Å²) in [5.74, 6) is 0.124. The third-order valence-corrected chi connectivity index (χ3v) is 5.39. The number of rotatable bonds is 2. The molecule has 1 amide bonds. The average Bonchev–Trinajstić information content (AvgIpc) is 2.97. The molecule has 108 valence electrons. The first-order valence-corrected chi connectivity index (χ1v) is 8.43. The number of carbonyl (C=O) groups is 1. The Labute approximate surface area is 128 Å². The number of amides is 1. The van der Waals surface area contributed by atoms with Crippen LogP contribution in [-0.4, -0.2) is 5.91 Å². The summed E-state index contributed by atoms with van der Waals surface area (Å²) >= 11 is 1.88. The van der Waals surface area contributed by atoms with Crippen molar-refractivity contribution in [1.29, 1.82) is 0 Å². The fourth-order valence-corrected chi connectivity index (χ4v) is 4.30. The molecule has 1 aliphatic carbocycles. The highest BCUT2D eigenvalue weighted by atomic mass is 32.1. The quantitative estimate of drug-likeness (QED) is 0.875. The number of carbonyl (C=O) groups excluding carboxylic acids is 1.